The Morgan fingerprint density at radius 3 is 2.69 bits per heavy atom. The van der Waals surface area contributed by atoms with Gasteiger partial charge in [0.25, 0.3) is 5.56 Å². The van der Waals surface area contributed by atoms with Gasteiger partial charge in [0, 0.05) is 28.8 Å². The lowest BCUT2D eigenvalue weighted by atomic mass is 9.96. The molecule has 1 fully saturated rings. The molecule has 0 unspecified atom stereocenters. The van der Waals surface area contributed by atoms with Gasteiger partial charge in [-0.05, 0) is 44.8 Å². The molecule has 3 aromatic heterocycles. The van der Waals surface area contributed by atoms with Crippen LogP contribution in [0.25, 0.3) is 22.3 Å². The Hall–Kier alpha value is -2.47. The zero-order valence-corrected chi connectivity index (χ0v) is 15.5. The van der Waals surface area contributed by atoms with E-state index in [1.165, 1.54) is 5.56 Å². The van der Waals surface area contributed by atoms with Crippen molar-refractivity contribution in [2.75, 3.05) is 13.1 Å². The molecular formula is C20H25N5O. The summed E-state index contributed by atoms with van der Waals surface area (Å²) in [7, 11) is 0. The first-order chi connectivity index (χ1) is 12.5. The molecule has 0 atom stereocenters. The second-order valence-corrected chi connectivity index (χ2v) is 7.48. The minimum absolute atomic E-state index is 0.0519. The Balaban J connectivity index is 1.86. The Morgan fingerprint density at radius 1 is 1.23 bits per heavy atom. The highest BCUT2D eigenvalue weighted by Crippen LogP contribution is 2.35. The lowest BCUT2D eigenvalue weighted by Gasteiger charge is -2.21. The standard InChI is InChI=1S/C20H25N5O/c1-11(2)16-17(14-8-12(3)20(26)23-9-14)24-15-10-22-19(25-18(15)16)13-4-6-21-7-5-13/h8-11,13,21,24H,4-7H2,1-3H3,(H,23,26). The van der Waals surface area contributed by atoms with Gasteiger partial charge in [0.2, 0.25) is 0 Å². The number of nitrogens with zero attached hydrogens (tertiary/aromatic N) is 2. The van der Waals surface area contributed by atoms with Gasteiger partial charge < -0.3 is 15.3 Å². The van der Waals surface area contributed by atoms with Crippen LogP contribution in [0.5, 0.6) is 0 Å². The van der Waals surface area contributed by atoms with Gasteiger partial charge in [0.1, 0.15) is 5.82 Å². The van der Waals surface area contributed by atoms with Gasteiger partial charge in [-0.1, -0.05) is 13.8 Å². The minimum atomic E-state index is -0.0519. The number of aromatic amines is 2. The number of H-pyrrole nitrogens is 2. The molecule has 6 heteroatoms. The zero-order chi connectivity index (χ0) is 18.3. The summed E-state index contributed by atoms with van der Waals surface area (Å²) in [5.41, 5.74) is 5.79. The summed E-state index contributed by atoms with van der Waals surface area (Å²) in [5.74, 6) is 1.68. The molecule has 0 amide bonds. The molecule has 1 saturated heterocycles. The number of nitrogens with one attached hydrogen (secondary N) is 3. The number of fused-ring (bicyclic) bond motifs is 1. The van der Waals surface area contributed by atoms with E-state index in [4.69, 9.17) is 4.98 Å². The Bertz CT molecular complexity index is 995. The first-order valence-corrected chi connectivity index (χ1v) is 9.33. The van der Waals surface area contributed by atoms with E-state index >= 15 is 0 Å². The predicted octanol–water partition coefficient (Wildman–Crippen LogP) is 3.21. The molecular weight excluding hydrogens is 326 g/mol. The first-order valence-electron chi connectivity index (χ1n) is 9.33. The van der Waals surface area contributed by atoms with Gasteiger partial charge in [0.15, 0.2) is 0 Å². The number of rotatable bonds is 3. The lowest BCUT2D eigenvalue weighted by molar-refractivity contribution is 0.446. The second-order valence-electron chi connectivity index (χ2n) is 7.48. The van der Waals surface area contributed by atoms with E-state index < -0.39 is 0 Å². The number of aryl methyl sites for hydroxylation is 1. The van der Waals surface area contributed by atoms with Crippen LogP contribution in [0.2, 0.25) is 0 Å². The molecule has 4 rings (SSSR count). The third-order valence-corrected chi connectivity index (χ3v) is 5.25. The largest absolute Gasteiger partial charge is 0.352 e. The molecule has 0 spiro atoms. The monoisotopic (exact) mass is 351 g/mol. The van der Waals surface area contributed by atoms with Crippen LogP contribution in [0.15, 0.2) is 23.3 Å². The van der Waals surface area contributed by atoms with Crippen LogP contribution >= 0.6 is 0 Å². The van der Waals surface area contributed by atoms with Crippen LogP contribution in [0.3, 0.4) is 0 Å². The quantitative estimate of drug-likeness (QED) is 0.676. The van der Waals surface area contributed by atoms with Crippen molar-refractivity contribution in [3.05, 3.63) is 45.8 Å². The van der Waals surface area contributed by atoms with Crippen molar-refractivity contribution in [1.29, 1.82) is 0 Å². The predicted molar refractivity (Wildman–Crippen MR) is 104 cm³/mol. The summed E-state index contributed by atoms with van der Waals surface area (Å²) < 4.78 is 0. The fraction of sp³-hybridized carbons (Fsp3) is 0.450. The number of pyridine rings is 1. The van der Waals surface area contributed by atoms with Crippen LogP contribution in [0.4, 0.5) is 0 Å². The van der Waals surface area contributed by atoms with E-state index in [1.54, 1.807) is 6.20 Å². The van der Waals surface area contributed by atoms with Crippen molar-refractivity contribution in [1.82, 2.24) is 25.3 Å². The highest BCUT2D eigenvalue weighted by molar-refractivity contribution is 5.87. The Kier molecular flexibility index (Phi) is 4.36. The van der Waals surface area contributed by atoms with E-state index in [0.29, 0.717) is 17.4 Å². The molecule has 4 heterocycles. The van der Waals surface area contributed by atoms with E-state index in [9.17, 15) is 4.79 Å². The smallest absolute Gasteiger partial charge is 0.250 e. The van der Waals surface area contributed by atoms with Gasteiger partial charge >= 0.3 is 0 Å². The summed E-state index contributed by atoms with van der Waals surface area (Å²) in [6.45, 7) is 8.24. The van der Waals surface area contributed by atoms with Crippen molar-refractivity contribution in [2.24, 2.45) is 0 Å². The highest BCUT2D eigenvalue weighted by atomic mass is 16.1. The highest BCUT2D eigenvalue weighted by Gasteiger charge is 2.22. The molecule has 6 nitrogen and oxygen atoms in total. The minimum Gasteiger partial charge on any atom is -0.352 e. The van der Waals surface area contributed by atoms with Crippen molar-refractivity contribution in [3.63, 3.8) is 0 Å². The molecule has 1 aliphatic rings. The van der Waals surface area contributed by atoms with Crippen LogP contribution in [0.1, 0.15) is 55.5 Å². The summed E-state index contributed by atoms with van der Waals surface area (Å²) in [6.07, 6.45) is 5.85. The van der Waals surface area contributed by atoms with Crippen molar-refractivity contribution in [3.8, 4) is 11.3 Å². The normalized spacial score (nSPS) is 15.8. The fourth-order valence-corrected chi connectivity index (χ4v) is 3.82. The maximum Gasteiger partial charge on any atom is 0.250 e. The average Bonchev–Trinajstić information content (AvgIpc) is 3.03. The second kappa shape index (κ2) is 6.68. The maximum atomic E-state index is 11.7. The topological polar surface area (TPSA) is 86.5 Å². The number of piperidine rings is 1. The molecule has 0 aromatic carbocycles. The van der Waals surface area contributed by atoms with Crippen LogP contribution in [-0.2, 0) is 0 Å². The van der Waals surface area contributed by atoms with Gasteiger partial charge in [-0.25, -0.2) is 9.97 Å². The number of hydrogen-bond acceptors (Lipinski definition) is 4. The Labute approximate surface area is 152 Å². The van der Waals surface area contributed by atoms with E-state index in [1.807, 2.05) is 19.2 Å². The third-order valence-electron chi connectivity index (χ3n) is 5.25. The molecule has 0 saturated carbocycles. The van der Waals surface area contributed by atoms with Gasteiger partial charge in [0.05, 0.1) is 22.9 Å². The first kappa shape index (κ1) is 17.0. The SMILES string of the molecule is Cc1cc(-c2[nH]c3cnc(C4CCNCC4)nc3c2C(C)C)c[nH]c1=O. The van der Waals surface area contributed by atoms with Crippen molar-refractivity contribution < 1.29 is 0 Å². The van der Waals surface area contributed by atoms with Crippen LogP contribution in [-0.4, -0.2) is 33.0 Å². The summed E-state index contributed by atoms with van der Waals surface area (Å²) in [6, 6.07) is 1.93. The van der Waals surface area contributed by atoms with Gasteiger partial charge in [-0.15, -0.1) is 0 Å². The van der Waals surface area contributed by atoms with Gasteiger partial charge in [-0.2, -0.15) is 0 Å². The molecule has 3 aromatic rings. The molecule has 26 heavy (non-hydrogen) atoms. The molecule has 1 aliphatic heterocycles. The number of hydrogen-bond donors (Lipinski definition) is 3. The van der Waals surface area contributed by atoms with Crippen molar-refractivity contribution >= 4 is 11.0 Å². The third kappa shape index (κ3) is 2.94. The fourth-order valence-electron chi connectivity index (χ4n) is 3.82. The summed E-state index contributed by atoms with van der Waals surface area (Å²) >= 11 is 0. The molecule has 0 aliphatic carbocycles. The molecule has 3 N–H and O–H groups in total. The molecule has 0 radical (unpaired) electrons. The average molecular weight is 351 g/mol. The maximum absolute atomic E-state index is 11.7. The Morgan fingerprint density at radius 2 is 2.00 bits per heavy atom. The zero-order valence-electron chi connectivity index (χ0n) is 15.5. The van der Waals surface area contributed by atoms with E-state index in [-0.39, 0.29) is 5.56 Å². The molecule has 0 bridgehead atoms. The molecule has 136 valence electrons. The lowest BCUT2D eigenvalue weighted by Crippen LogP contribution is -2.27. The van der Waals surface area contributed by atoms with Crippen molar-refractivity contribution in [2.45, 2.75) is 45.4 Å². The van der Waals surface area contributed by atoms with Gasteiger partial charge in [-0.3, -0.25) is 4.79 Å². The summed E-state index contributed by atoms with van der Waals surface area (Å²) in [5, 5.41) is 3.40. The summed E-state index contributed by atoms with van der Waals surface area (Å²) in [4.78, 5) is 27.6. The van der Waals surface area contributed by atoms with E-state index in [0.717, 1.165) is 54.0 Å². The van der Waals surface area contributed by atoms with Crippen LogP contribution in [0, 0.1) is 6.92 Å². The number of aromatic nitrogens is 4. The van der Waals surface area contributed by atoms with E-state index in [2.05, 4.69) is 34.1 Å². The van der Waals surface area contributed by atoms with Crippen LogP contribution < -0.4 is 10.9 Å².